The Bertz CT molecular complexity index is 272. The maximum Gasteiger partial charge on any atom is 0.324 e. The van der Waals surface area contributed by atoms with Gasteiger partial charge in [-0.25, -0.2) is 0 Å². The highest BCUT2D eigenvalue weighted by molar-refractivity contribution is 5.75. The second kappa shape index (κ2) is 3.99. The zero-order chi connectivity index (χ0) is 9.84. The van der Waals surface area contributed by atoms with E-state index >= 15 is 0 Å². The molecule has 1 aromatic heterocycles. The van der Waals surface area contributed by atoms with Crippen molar-refractivity contribution >= 4 is 5.97 Å². The van der Waals surface area contributed by atoms with E-state index in [4.69, 9.17) is 5.73 Å². The summed E-state index contributed by atoms with van der Waals surface area (Å²) < 4.78 is 4.50. The van der Waals surface area contributed by atoms with Crippen molar-refractivity contribution in [3.05, 3.63) is 12.4 Å². The summed E-state index contributed by atoms with van der Waals surface area (Å²) in [4.78, 5) is 12.4. The summed E-state index contributed by atoms with van der Waals surface area (Å²) in [7, 11) is 1.30. The minimum atomic E-state index is -0.739. The number of esters is 1. The van der Waals surface area contributed by atoms with E-state index < -0.39 is 12.0 Å². The highest BCUT2D eigenvalue weighted by atomic mass is 16.5. The molecule has 0 spiro atoms. The molecule has 72 valence electrons. The monoisotopic (exact) mass is 184 g/mol. The van der Waals surface area contributed by atoms with Crippen molar-refractivity contribution in [3.63, 3.8) is 0 Å². The first kappa shape index (κ1) is 9.66. The van der Waals surface area contributed by atoms with Crippen molar-refractivity contribution in [2.24, 2.45) is 5.73 Å². The van der Waals surface area contributed by atoms with Crippen LogP contribution < -0.4 is 5.73 Å². The average molecular weight is 184 g/mol. The molecule has 0 aliphatic heterocycles. The van der Waals surface area contributed by atoms with Crippen LogP contribution in [0, 0.1) is 0 Å². The van der Waals surface area contributed by atoms with Gasteiger partial charge in [0.25, 0.3) is 0 Å². The summed E-state index contributed by atoms with van der Waals surface area (Å²) >= 11 is 0. The van der Waals surface area contributed by atoms with Crippen LogP contribution in [-0.2, 0) is 9.53 Å². The van der Waals surface area contributed by atoms with Gasteiger partial charge in [-0.15, -0.1) is 0 Å². The maximum absolute atomic E-state index is 11.0. The molecule has 13 heavy (non-hydrogen) atoms. The van der Waals surface area contributed by atoms with Crippen molar-refractivity contribution < 1.29 is 9.53 Å². The van der Waals surface area contributed by atoms with Crippen LogP contribution in [-0.4, -0.2) is 34.1 Å². The summed E-state index contributed by atoms with van der Waals surface area (Å²) in [5.41, 5.74) is 5.59. The quantitative estimate of drug-likeness (QED) is 0.630. The third-order valence-corrected chi connectivity index (χ3v) is 1.79. The molecule has 1 heterocycles. The van der Waals surface area contributed by atoms with Gasteiger partial charge in [0.2, 0.25) is 0 Å². The van der Waals surface area contributed by atoms with Gasteiger partial charge in [-0.3, -0.25) is 4.79 Å². The van der Waals surface area contributed by atoms with E-state index in [9.17, 15) is 4.79 Å². The first-order chi connectivity index (χ1) is 6.16. The second-order valence-corrected chi connectivity index (χ2v) is 2.64. The standard InChI is InChI=1S/C7H12N4O2/c1-5(6(8)7(12)13-2)11-9-3-4-10-11/h3-6H,8H2,1-2H3. The fourth-order valence-corrected chi connectivity index (χ4v) is 0.913. The Hall–Kier alpha value is -1.43. The van der Waals surface area contributed by atoms with E-state index in [1.54, 1.807) is 6.92 Å². The summed E-state index contributed by atoms with van der Waals surface area (Å²) in [6.45, 7) is 1.75. The zero-order valence-electron chi connectivity index (χ0n) is 7.54. The van der Waals surface area contributed by atoms with Crippen molar-refractivity contribution in [1.82, 2.24) is 15.0 Å². The van der Waals surface area contributed by atoms with E-state index in [0.29, 0.717) is 0 Å². The topological polar surface area (TPSA) is 83.0 Å². The highest BCUT2D eigenvalue weighted by Crippen LogP contribution is 2.06. The molecule has 0 aromatic carbocycles. The van der Waals surface area contributed by atoms with Gasteiger partial charge in [-0.2, -0.15) is 15.0 Å². The lowest BCUT2D eigenvalue weighted by atomic mass is 10.2. The number of carbonyl (C=O) groups excluding carboxylic acids is 1. The smallest absolute Gasteiger partial charge is 0.324 e. The van der Waals surface area contributed by atoms with E-state index in [1.807, 2.05) is 0 Å². The largest absolute Gasteiger partial charge is 0.468 e. The highest BCUT2D eigenvalue weighted by Gasteiger charge is 2.23. The van der Waals surface area contributed by atoms with Gasteiger partial charge >= 0.3 is 5.97 Å². The Morgan fingerprint density at radius 2 is 2.08 bits per heavy atom. The lowest BCUT2D eigenvalue weighted by molar-refractivity contribution is -0.143. The van der Waals surface area contributed by atoms with Crippen LogP contribution in [0.4, 0.5) is 0 Å². The Kier molecular flexibility index (Phi) is 2.97. The molecule has 2 atom stereocenters. The van der Waals surface area contributed by atoms with E-state index in [0.717, 1.165) is 0 Å². The van der Waals surface area contributed by atoms with Crippen molar-refractivity contribution in [2.45, 2.75) is 19.0 Å². The molecule has 2 N–H and O–H groups in total. The molecule has 0 amide bonds. The molecule has 0 radical (unpaired) electrons. The molecule has 1 aromatic rings. The van der Waals surface area contributed by atoms with Crippen molar-refractivity contribution in [3.8, 4) is 0 Å². The van der Waals surface area contributed by atoms with Crippen LogP contribution >= 0.6 is 0 Å². The first-order valence-electron chi connectivity index (χ1n) is 3.86. The number of nitrogens with two attached hydrogens (primary N) is 1. The van der Waals surface area contributed by atoms with E-state index in [1.165, 1.54) is 24.3 Å². The average Bonchev–Trinajstić information content (AvgIpc) is 2.67. The predicted molar refractivity (Wildman–Crippen MR) is 44.7 cm³/mol. The number of methoxy groups -OCH3 is 1. The number of nitrogens with zero attached hydrogens (tertiary/aromatic N) is 3. The zero-order valence-corrected chi connectivity index (χ0v) is 7.54. The van der Waals surface area contributed by atoms with Crippen LogP contribution in [0.25, 0.3) is 0 Å². The Morgan fingerprint density at radius 3 is 2.54 bits per heavy atom. The van der Waals surface area contributed by atoms with Crippen molar-refractivity contribution in [2.75, 3.05) is 7.11 Å². The Labute approximate surface area is 75.7 Å². The van der Waals surface area contributed by atoms with Crippen LogP contribution in [0.5, 0.6) is 0 Å². The van der Waals surface area contributed by atoms with Gasteiger partial charge < -0.3 is 10.5 Å². The molecule has 6 nitrogen and oxygen atoms in total. The number of carbonyl (C=O) groups is 1. The normalized spacial score (nSPS) is 15.0. The molecular formula is C7H12N4O2. The molecule has 0 aliphatic rings. The van der Waals surface area contributed by atoms with Gasteiger partial charge in [0.15, 0.2) is 0 Å². The molecule has 0 fully saturated rings. The summed E-state index contributed by atoms with van der Waals surface area (Å²) in [5, 5.41) is 7.74. The first-order valence-corrected chi connectivity index (χ1v) is 3.86. The van der Waals surface area contributed by atoms with Gasteiger partial charge in [0, 0.05) is 0 Å². The van der Waals surface area contributed by atoms with Crippen LogP contribution in [0.1, 0.15) is 13.0 Å². The number of ether oxygens (including phenoxy) is 1. The van der Waals surface area contributed by atoms with E-state index in [2.05, 4.69) is 14.9 Å². The third kappa shape index (κ3) is 2.03. The molecule has 0 saturated carbocycles. The summed E-state index contributed by atoms with van der Waals surface area (Å²) in [6, 6.07) is -1.04. The van der Waals surface area contributed by atoms with Crippen LogP contribution in [0.2, 0.25) is 0 Å². The lowest BCUT2D eigenvalue weighted by Gasteiger charge is -2.16. The fraction of sp³-hybridized carbons (Fsp3) is 0.571. The fourth-order valence-electron chi connectivity index (χ4n) is 0.913. The van der Waals surface area contributed by atoms with Crippen molar-refractivity contribution in [1.29, 1.82) is 0 Å². The molecule has 0 bridgehead atoms. The molecule has 0 aliphatic carbocycles. The Balaban J connectivity index is 2.68. The third-order valence-electron chi connectivity index (χ3n) is 1.79. The maximum atomic E-state index is 11.0. The van der Waals surface area contributed by atoms with Gasteiger partial charge in [-0.05, 0) is 6.92 Å². The van der Waals surface area contributed by atoms with Crippen LogP contribution in [0.15, 0.2) is 12.4 Å². The van der Waals surface area contributed by atoms with Gasteiger partial charge in [0.05, 0.1) is 25.5 Å². The van der Waals surface area contributed by atoms with Gasteiger partial charge in [0.1, 0.15) is 6.04 Å². The van der Waals surface area contributed by atoms with E-state index in [-0.39, 0.29) is 6.04 Å². The lowest BCUT2D eigenvalue weighted by Crippen LogP contribution is -2.39. The molecule has 6 heteroatoms. The minimum Gasteiger partial charge on any atom is -0.468 e. The number of rotatable bonds is 3. The predicted octanol–water partition coefficient (Wildman–Crippen LogP) is -0.661. The molecule has 0 saturated heterocycles. The SMILES string of the molecule is COC(=O)C(N)C(C)n1nccn1. The van der Waals surface area contributed by atoms with Gasteiger partial charge in [-0.1, -0.05) is 0 Å². The summed E-state index contributed by atoms with van der Waals surface area (Å²) in [5.74, 6) is -0.468. The summed E-state index contributed by atoms with van der Waals surface area (Å²) in [6.07, 6.45) is 3.06. The second-order valence-electron chi connectivity index (χ2n) is 2.64. The number of aromatic nitrogens is 3. The van der Waals surface area contributed by atoms with Crippen LogP contribution in [0.3, 0.4) is 0 Å². The Morgan fingerprint density at radius 1 is 1.54 bits per heavy atom. The number of hydrogen-bond acceptors (Lipinski definition) is 5. The molecule has 2 unspecified atom stereocenters. The molecule has 1 rings (SSSR count). The minimum absolute atomic E-state index is 0.303. The molecular weight excluding hydrogens is 172 g/mol. The number of hydrogen-bond donors (Lipinski definition) is 1.